The first-order chi connectivity index (χ1) is 12.6. The minimum Gasteiger partial charge on any atom is -0.383 e. The number of aromatic amines is 1. The number of ether oxygens (including phenoxy) is 1. The van der Waals surface area contributed by atoms with E-state index < -0.39 is 0 Å². The average Bonchev–Trinajstić information content (AvgIpc) is 3.07. The lowest BCUT2D eigenvalue weighted by atomic mass is 10.1. The van der Waals surface area contributed by atoms with Crippen molar-refractivity contribution in [2.75, 3.05) is 32.2 Å². The molecule has 1 N–H and O–H groups in total. The molecular weight excluding hydrogens is 328 g/mol. The van der Waals surface area contributed by atoms with Gasteiger partial charge in [-0.1, -0.05) is 0 Å². The van der Waals surface area contributed by atoms with E-state index >= 15 is 0 Å². The molecule has 0 unspecified atom stereocenters. The first-order valence-electron chi connectivity index (χ1n) is 8.21. The molecule has 0 amide bonds. The summed E-state index contributed by atoms with van der Waals surface area (Å²) in [6.45, 7) is 3.22. The molecule has 0 aliphatic heterocycles. The van der Waals surface area contributed by atoms with Gasteiger partial charge in [0.25, 0.3) is 0 Å². The number of anilines is 1. The average molecular weight is 348 g/mol. The van der Waals surface area contributed by atoms with Gasteiger partial charge < -0.3 is 14.6 Å². The molecule has 0 atom stereocenters. The zero-order valence-electron chi connectivity index (χ0n) is 15.0. The minimum atomic E-state index is 0.617. The summed E-state index contributed by atoms with van der Waals surface area (Å²) in [5.41, 5.74) is 4.96. The Labute approximate surface area is 152 Å². The van der Waals surface area contributed by atoms with Crippen molar-refractivity contribution >= 4 is 5.95 Å². The molecule has 0 fully saturated rings. The lowest BCUT2D eigenvalue weighted by Gasteiger charge is -2.16. The third-order valence-electron chi connectivity index (χ3n) is 4.11. The summed E-state index contributed by atoms with van der Waals surface area (Å²) < 4.78 is 5.07. The normalized spacial score (nSPS) is 10.5. The van der Waals surface area contributed by atoms with Gasteiger partial charge in [-0.25, -0.2) is 9.97 Å². The molecule has 3 aromatic rings. The number of aryl methyl sites for hydroxylation is 1. The Morgan fingerprint density at radius 3 is 2.62 bits per heavy atom. The van der Waals surface area contributed by atoms with E-state index in [1.807, 2.05) is 37.1 Å². The van der Waals surface area contributed by atoms with Crippen LogP contribution in [0.2, 0.25) is 0 Å². The minimum absolute atomic E-state index is 0.617. The van der Waals surface area contributed by atoms with Crippen molar-refractivity contribution < 1.29 is 4.74 Å². The van der Waals surface area contributed by atoms with E-state index in [-0.39, 0.29) is 0 Å². The van der Waals surface area contributed by atoms with Crippen LogP contribution in [-0.4, -0.2) is 47.2 Å². The zero-order chi connectivity index (χ0) is 18.5. The molecule has 3 heterocycles. The maximum atomic E-state index is 9.13. The molecule has 0 aromatic carbocycles. The molecule has 132 valence electrons. The second kappa shape index (κ2) is 7.76. The number of pyridine rings is 1. The van der Waals surface area contributed by atoms with Crippen molar-refractivity contribution in [1.29, 1.82) is 5.26 Å². The Balaban J connectivity index is 1.85. The standard InChI is InChI=1S/C19H20N6O/c1-13-15(10-20)9-18(24-13)14-4-5-21-17(8-14)16-11-22-19(23-12-16)25(2)6-7-26-3/h4-5,8-9,11-12,24H,6-7H2,1-3H3. The number of hydrogen-bond acceptors (Lipinski definition) is 6. The summed E-state index contributed by atoms with van der Waals surface area (Å²) in [6.07, 6.45) is 5.27. The molecule has 0 saturated heterocycles. The number of aromatic nitrogens is 4. The molecule has 3 rings (SSSR count). The summed E-state index contributed by atoms with van der Waals surface area (Å²) in [4.78, 5) is 18.4. The molecule has 0 saturated carbocycles. The highest BCUT2D eigenvalue weighted by Gasteiger charge is 2.09. The predicted molar refractivity (Wildman–Crippen MR) is 99.6 cm³/mol. The SMILES string of the molecule is COCCN(C)c1ncc(-c2cc(-c3cc(C#N)c(C)[nH]3)ccn2)cn1. The van der Waals surface area contributed by atoms with Crippen LogP contribution in [0.1, 0.15) is 11.3 Å². The van der Waals surface area contributed by atoms with Crippen LogP contribution in [0, 0.1) is 18.3 Å². The Kier molecular flexibility index (Phi) is 5.25. The number of hydrogen-bond donors (Lipinski definition) is 1. The number of likely N-dealkylation sites (N-methyl/N-ethyl adjacent to an activating group) is 1. The van der Waals surface area contributed by atoms with E-state index in [1.165, 1.54) is 0 Å². The Bertz CT molecular complexity index is 926. The maximum absolute atomic E-state index is 9.13. The van der Waals surface area contributed by atoms with Crippen LogP contribution in [0.15, 0.2) is 36.8 Å². The van der Waals surface area contributed by atoms with Gasteiger partial charge in [-0.2, -0.15) is 5.26 Å². The van der Waals surface area contributed by atoms with Crippen LogP contribution >= 0.6 is 0 Å². The molecular formula is C19H20N6O. The Morgan fingerprint density at radius 1 is 1.19 bits per heavy atom. The maximum Gasteiger partial charge on any atom is 0.225 e. The van der Waals surface area contributed by atoms with Crippen molar-refractivity contribution in [3.05, 3.63) is 48.0 Å². The van der Waals surface area contributed by atoms with Crippen LogP contribution < -0.4 is 4.90 Å². The topological polar surface area (TPSA) is 90.7 Å². The van der Waals surface area contributed by atoms with Gasteiger partial charge in [-0.15, -0.1) is 0 Å². The molecule has 3 aromatic heterocycles. The van der Waals surface area contributed by atoms with Gasteiger partial charge in [0.1, 0.15) is 6.07 Å². The quantitative estimate of drug-likeness (QED) is 0.736. The van der Waals surface area contributed by atoms with E-state index in [2.05, 4.69) is 26.0 Å². The van der Waals surface area contributed by atoms with Crippen LogP contribution in [0.25, 0.3) is 22.5 Å². The smallest absolute Gasteiger partial charge is 0.225 e. The summed E-state index contributed by atoms with van der Waals surface area (Å²) in [7, 11) is 3.59. The first kappa shape index (κ1) is 17.6. The van der Waals surface area contributed by atoms with Crippen LogP contribution in [0.5, 0.6) is 0 Å². The van der Waals surface area contributed by atoms with Crippen LogP contribution in [0.3, 0.4) is 0 Å². The van der Waals surface area contributed by atoms with Gasteiger partial charge in [-0.3, -0.25) is 4.98 Å². The number of methoxy groups -OCH3 is 1. The number of rotatable bonds is 6. The molecule has 0 radical (unpaired) electrons. The molecule has 0 bridgehead atoms. The highest BCUT2D eigenvalue weighted by molar-refractivity contribution is 5.69. The van der Waals surface area contributed by atoms with Crippen LogP contribution in [-0.2, 0) is 4.74 Å². The summed E-state index contributed by atoms with van der Waals surface area (Å²) in [5, 5.41) is 9.13. The summed E-state index contributed by atoms with van der Waals surface area (Å²) in [6, 6.07) is 7.89. The lowest BCUT2D eigenvalue weighted by Crippen LogP contribution is -2.23. The highest BCUT2D eigenvalue weighted by Crippen LogP contribution is 2.25. The molecule has 0 aliphatic rings. The molecule has 7 heteroatoms. The third-order valence-corrected chi connectivity index (χ3v) is 4.11. The van der Waals surface area contributed by atoms with E-state index in [0.717, 1.165) is 34.8 Å². The van der Waals surface area contributed by atoms with Crippen LogP contribution in [0.4, 0.5) is 5.95 Å². The number of nitrogens with zero attached hydrogens (tertiary/aromatic N) is 5. The summed E-state index contributed by atoms with van der Waals surface area (Å²) >= 11 is 0. The lowest BCUT2D eigenvalue weighted by molar-refractivity contribution is 0.206. The zero-order valence-corrected chi connectivity index (χ0v) is 15.0. The second-order valence-corrected chi connectivity index (χ2v) is 5.95. The molecule has 0 spiro atoms. The van der Waals surface area contributed by atoms with Crippen molar-refractivity contribution in [2.45, 2.75) is 6.92 Å². The highest BCUT2D eigenvalue weighted by atomic mass is 16.5. The molecule has 7 nitrogen and oxygen atoms in total. The number of H-pyrrole nitrogens is 1. The molecule has 26 heavy (non-hydrogen) atoms. The van der Waals surface area contributed by atoms with E-state index in [9.17, 15) is 0 Å². The van der Waals surface area contributed by atoms with E-state index in [0.29, 0.717) is 18.1 Å². The van der Waals surface area contributed by atoms with Gasteiger partial charge in [0, 0.05) is 61.8 Å². The van der Waals surface area contributed by atoms with Gasteiger partial charge in [0.2, 0.25) is 5.95 Å². The van der Waals surface area contributed by atoms with Gasteiger partial charge >= 0.3 is 0 Å². The van der Waals surface area contributed by atoms with Gasteiger partial charge in [-0.05, 0) is 25.1 Å². The van der Waals surface area contributed by atoms with Crippen molar-refractivity contribution in [2.24, 2.45) is 0 Å². The predicted octanol–water partition coefficient (Wildman–Crippen LogP) is 2.80. The van der Waals surface area contributed by atoms with Crippen molar-refractivity contribution in [3.8, 4) is 28.6 Å². The van der Waals surface area contributed by atoms with Crippen molar-refractivity contribution in [3.63, 3.8) is 0 Å². The fourth-order valence-corrected chi connectivity index (χ4v) is 2.56. The third kappa shape index (κ3) is 3.71. The second-order valence-electron chi connectivity index (χ2n) is 5.95. The van der Waals surface area contributed by atoms with Gasteiger partial charge in [0.15, 0.2) is 0 Å². The van der Waals surface area contributed by atoms with E-state index in [4.69, 9.17) is 10.00 Å². The van der Waals surface area contributed by atoms with Gasteiger partial charge in [0.05, 0.1) is 17.9 Å². The fraction of sp³-hybridized carbons (Fsp3) is 0.263. The first-order valence-corrected chi connectivity index (χ1v) is 8.21. The largest absolute Gasteiger partial charge is 0.383 e. The van der Waals surface area contributed by atoms with E-state index in [1.54, 1.807) is 25.7 Å². The number of nitriles is 1. The Morgan fingerprint density at radius 2 is 1.96 bits per heavy atom. The monoisotopic (exact) mass is 348 g/mol. The Hall–Kier alpha value is -3.24. The summed E-state index contributed by atoms with van der Waals surface area (Å²) in [5.74, 6) is 0.639. The number of nitrogens with one attached hydrogen (secondary N) is 1. The van der Waals surface area contributed by atoms with Crippen molar-refractivity contribution in [1.82, 2.24) is 19.9 Å². The molecule has 0 aliphatic carbocycles. The fourth-order valence-electron chi connectivity index (χ4n) is 2.56.